The van der Waals surface area contributed by atoms with Crippen LogP contribution in [0, 0.1) is 11.3 Å². The molecular weight excluding hydrogens is 352 g/mol. The Hall–Kier alpha value is -3.80. The Morgan fingerprint density at radius 1 is 1.41 bits per heavy atom. The van der Waals surface area contributed by atoms with Crippen molar-refractivity contribution in [1.29, 1.82) is 5.26 Å². The summed E-state index contributed by atoms with van der Waals surface area (Å²) in [6, 6.07) is 8.60. The molecule has 0 spiro atoms. The molecule has 3 rings (SSSR count). The van der Waals surface area contributed by atoms with Gasteiger partial charge < -0.3 is 24.8 Å². The normalized spacial score (nSPS) is 16.7. The number of aromatic nitrogens is 2. The van der Waals surface area contributed by atoms with Gasteiger partial charge in [0, 0.05) is 12.1 Å². The van der Waals surface area contributed by atoms with E-state index in [1.807, 2.05) is 6.07 Å². The Morgan fingerprint density at radius 2 is 2.07 bits per heavy atom. The Balaban J connectivity index is 2.24. The van der Waals surface area contributed by atoms with E-state index < -0.39 is 11.9 Å². The first-order valence-electron chi connectivity index (χ1n) is 7.91. The van der Waals surface area contributed by atoms with Crippen LogP contribution in [0.3, 0.4) is 0 Å². The second-order valence-corrected chi connectivity index (χ2v) is 5.81. The number of hydrogen-bond donors (Lipinski definition) is 1. The third kappa shape index (κ3) is 2.97. The first kappa shape index (κ1) is 18.0. The number of ether oxygens (including phenoxy) is 2. The van der Waals surface area contributed by atoms with Crippen molar-refractivity contribution >= 4 is 5.78 Å². The van der Waals surface area contributed by atoms with Gasteiger partial charge in [-0.05, 0) is 30.7 Å². The molecule has 1 aliphatic rings. The topological polar surface area (TPSA) is 138 Å². The van der Waals surface area contributed by atoms with Gasteiger partial charge >= 0.3 is 0 Å². The van der Waals surface area contributed by atoms with E-state index in [1.54, 1.807) is 31.2 Å². The van der Waals surface area contributed by atoms with Gasteiger partial charge in [0.15, 0.2) is 11.7 Å². The lowest BCUT2D eigenvalue weighted by Crippen LogP contribution is -2.40. The van der Waals surface area contributed by atoms with Crippen molar-refractivity contribution in [3.05, 3.63) is 52.7 Å². The lowest BCUT2D eigenvalue weighted by molar-refractivity contribution is -0.678. The molecule has 0 saturated heterocycles. The van der Waals surface area contributed by atoms with Crippen molar-refractivity contribution in [1.82, 2.24) is 5.27 Å². The van der Waals surface area contributed by atoms with Crippen LogP contribution in [0.2, 0.25) is 0 Å². The van der Waals surface area contributed by atoms with Gasteiger partial charge in [0.25, 0.3) is 5.69 Å². The van der Waals surface area contributed by atoms with Crippen molar-refractivity contribution in [2.75, 3.05) is 7.11 Å². The van der Waals surface area contributed by atoms with E-state index in [0.717, 1.165) is 0 Å². The van der Waals surface area contributed by atoms with E-state index in [2.05, 4.69) is 5.27 Å². The molecule has 138 valence electrons. The molecule has 0 saturated carbocycles. The minimum atomic E-state index is -1.05. The van der Waals surface area contributed by atoms with E-state index >= 15 is 0 Å². The molecule has 0 fully saturated rings. The van der Waals surface area contributed by atoms with Crippen LogP contribution < -0.4 is 20.3 Å². The van der Waals surface area contributed by atoms with Gasteiger partial charge in [0.1, 0.15) is 29.1 Å². The van der Waals surface area contributed by atoms with Gasteiger partial charge in [-0.3, -0.25) is 4.79 Å². The van der Waals surface area contributed by atoms with Crippen LogP contribution >= 0.6 is 0 Å². The minimum Gasteiger partial charge on any atom is -0.539 e. The van der Waals surface area contributed by atoms with Gasteiger partial charge in [0.05, 0.1) is 18.0 Å². The number of methoxy groups -OCH3 is 1. The third-order valence-corrected chi connectivity index (χ3v) is 4.22. The van der Waals surface area contributed by atoms with Gasteiger partial charge in [-0.25, -0.2) is 0 Å². The largest absolute Gasteiger partial charge is 0.539 e. The number of ketones is 1. The Morgan fingerprint density at radius 3 is 2.63 bits per heavy atom. The average Bonchev–Trinajstić information content (AvgIpc) is 3.02. The summed E-state index contributed by atoms with van der Waals surface area (Å²) < 4.78 is 16.5. The lowest BCUT2D eigenvalue weighted by atomic mass is 9.84. The molecule has 0 amide bonds. The molecular formula is C18H16N4O5. The van der Waals surface area contributed by atoms with Crippen LogP contribution in [0.15, 0.2) is 51.6 Å². The molecule has 1 aliphatic heterocycles. The molecule has 2 aromatic rings. The SMILES string of the molecule is COc1ccc(-[n+]2noc([O-])c2C2C(C#N)=C(N)OC(C)=C2C(C)=O)cc1. The summed E-state index contributed by atoms with van der Waals surface area (Å²) in [5, 5.41) is 25.8. The van der Waals surface area contributed by atoms with E-state index in [0.29, 0.717) is 11.4 Å². The number of rotatable bonds is 4. The number of carbonyl (C=O) groups excluding carboxylic acids is 1. The molecule has 1 aromatic carbocycles. The predicted octanol–water partition coefficient (Wildman–Crippen LogP) is 0.704. The highest BCUT2D eigenvalue weighted by Crippen LogP contribution is 2.40. The number of hydrogen-bond acceptors (Lipinski definition) is 8. The highest BCUT2D eigenvalue weighted by molar-refractivity contribution is 5.96. The summed E-state index contributed by atoms with van der Waals surface area (Å²) in [6.07, 6.45) is 0. The van der Waals surface area contributed by atoms with Crippen molar-refractivity contribution < 1.29 is 28.6 Å². The summed E-state index contributed by atoms with van der Waals surface area (Å²) in [5.74, 6) is -1.55. The van der Waals surface area contributed by atoms with Gasteiger partial charge in [-0.2, -0.15) is 5.26 Å². The van der Waals surface area contributed by atoms with Crippen LogP contribution in [-0.2, 0) is 9.53 Å². The number of carbonyl (C=O) groups is 1. The highest BCUT2D eigenvalue weighted by Gasteiger charge is 2.42. The molecule has 9 heteroatoms. The smallest absolute Gasteiger partial charge is 0.253 e. The second kappa shape index (κ2) is 6.84. The maximum absolute atomic E-state index is 12.5. The molecule has 0 radical (unpaired) electrons. The van der Waals surface area contributed by atoms with E-state index in [9.17, 15) is 15.2 Å². The molecule has 27 heavy (non-hydrogen) atoms. The summed E-state index contributed by atoms with van der Waals surface area (Å²) in [6.45, 7) is 2.86. The van der Waals surface area contributed by atoms with Gasteiger partial charge in [-0.1, -0.05) is 0 Å². The lowest BCUT2D eigenvalue weighted by Gasteiger charge is -2.24. The molecule has 0 bridgehead atoms. The maximum Gasteiger partial charge on any atom is 0.253 e. The fourth-order valence-corrected chi connectivity index (χ4v) is 3.01. The zero-order valence-corrected chi connectivity index (χ0v) is 14.8. The van der Waals surface area contributed by atoms with E-state index in [1.165, 1.54) is 18.7 Å². The standard InChI is InChI=1S/C18H16N4O5/c1-9(23)14-10(2)26-17(20)13(8-19)15(14)16-18(24)27-21-22(16)11-4-6-12(25-3)7-5-11/h4-7,15H,20H2,1-3H3. The van der Waals surface area contributed by atoms with Crippen molar-refractivity contribution in [3.8, 4) is 23.5 Å². The Kier molecular flexibility index (Phi) is 4.56. The van der Waals surface area contributed by atoms with Crippen LogP contribution in [0.5, 0.6) is 11.7 Å². The zero-order valence-electron chi connectivity index (χ0n) is 14.8. The molecule has 1 unspecified atom stereocenters. The van der Waals surface area contributed by atoms with Crippen LogP contribution in [0.1, 0.15) is 25.5 Å². The van der Waals surface area contributed by atoms with Crippen molar-refractivity contribution in [3.63, 3.8) is 0 Å². The highest BCUT2D eigenvalue weighted by atomic mass is 16.6. The molecule has 0 aliphatic carbocycles. The molecule has 2 N–H and O–H groups in total. The summed E-state index contributed by atoms with van der Waals surface area (Å²) >= 11 is 0. The van der Waals surface area contributed by atoms with E-state index in [4.69, 9.17) is 19.7 Å². The number of nitrogens with two attached hydrogens (primary N) is 1. The van der Waals surface area contributed by atoms with Crippen LogP contribution in [0.25, 0.3) is 5.69 Å². The molecule has 1 aromatic heterocycles. The van der Waals surface area contributed by atoms with Gasteiger partial charge in [0.2, 0.25) is 11.6 Å². The zero-order chi connectivity index (χ0) is 19.7. The van der Waals surface area contributed by atoms with Crippen LogP contribution in [0.4, 0.5) is 0 Å². The Bertz CT molecular complexity index is 1010. The summed E-state index contributed by atoms with van der Waals surface area (Å²) in [7, 11) is 1.53. The second-order valence-electron chi connectivity index (χ2n) is 5.81. The van der Waals surface area contributed by atoms with Gasteiger partial charge in [-0.15, -0.1) is 0 Å². The fraction of sp³-hybridized carbons (Fsp3) is 0.222. The number of Topliss-reactive ketones (excluding diaryl/α,β-unsaturated/α-hetero) is 1. The minimum absolute atomic E-state index is 0.0208. The van der Waals surface area contributed by atoms with E-state index in [-0.39, 0.29) is 34.3 Å². The predicted molar refractivity (Wildman–Crippen MR) is 88.1 cm³/mol. The third-order valence-electron chi connectivity index (χ3n) is 4.22. The first-order valence-corrected chi connectivity index (χ1v) is 7.91. The fourth-order valence-electron chi connectivity index (χ4n) is 3.01. The summed E-state index contributed by atoms with van der Waals surface area (Å²) in [5.41, 5.74) is 6.37. The number of allylic oxidation sites excluding steroid dienone is 3. The molecule has 9 nitrogen and oxygen atoms in total. The number of benzene rings is 1. The monoisotopic (exact) mass is 368 g/mol. The quantitative estimate of drug-likeness (QED) is 0.778. The Labute approximate surface area is 154 Å². The summed E-state index contributed by atoms with van der Waals surface area (Å²) in [4.78, 5) is 12.2. The number of nitriles is 1. The van der Waals surface area contributed by atoms with Crippen molar-refractivity contribution in [2.24, 2.45) is 5.73 Å². The number of nitrogens with zero attached hydrogens (tertiary/aromatic N) is 3. The average molecular weight is 368 g/mol. The van der Waals surface area contributed by atoms with Crippen LogP contribution in [-0.4, -0.2) is 18.2 Å². The maximum atomic E-state index is 12.5. The van der Waals surface area contributed by atoms with Crippen molar-refractivity contribution in [2.45, 2.75) is 19.8 Å². The first-order chi connectivity index (χ1) is 12.9. The molecule has 1 atom stereocenters. The molecule has 2 heterocycles.